The summed E-state index contributed by atoms with van der Waals surface area (Å²) in [4.78, 5) is 25.8. The molecule has 1 aromatic carbocycles. The number of fused-ring (bicyclic) bond motifs is 1. The van der Waals surface area contributed by atoms with E-state index in [1.165, 1.54) is 11.3 Å². The highest BCUT2D eigenvalue weighted by atomic mass is 79.9. The van der Waals surface area contributed by atoms with Crippen molar-refractivity contribution in [2.45, 2.75) is 6.42 Å². The van der Waals surface area contributed by atoms with E-state index in [4.69, 9.17) is 0 Å². The minimum atomic E-state index is -0.121. The van der Waals surface area contributed by atoms with Gasteiger partial charge < -0.3 is 9.47 Å². The van der Waals surface area contributed by atoms with Gasteiger partial charge in [-0.05, 0) is 45.3 Å². The van der Waals surface area contributed by atoms with Crippen molar-refractivity contribution < 1.29 is 4.79 Å². The predicted molar refractivity (Wildman–Crippen MR) is 105 cm³/mol. The van der Waals surface area contributed by atoms with Crippen LogP contribution in [0.2, 0.25) is 0 Å². The van der Waals surface area contributed by atoms with Crippen LogP contribution in [0.25, 0.3) is 10.2 Å². The number of carbonyl (C=O) groups excluding carboxylic acids is 1. The van der Waals surface area contributed by atoms with Crippen LogP contribution in [-0.4, -0.2) is 52.5 Å². The summed E-state index contributed by atoms with van der Waals surface area (Å²) in [6, 6.07) is 5.95. The molecule has 0 saturated carbocycles. The van der Waals surface area contributed by atoms with Crippen LogP contribution >= 0.6 is 27.3 Å². The van der Waals surface area contributed by atoms with Gasteiger partial charge in [0.15, 0.2) is 11.0 Å². The second-order valence-electron chi connectivity index (χ2n) is 6.08. The molecule has 25 heavy (non-hydrogen) atoms. The van der Waals surface area contributed by atoms with Gasteiger partial charge >= 0.3 is 0 Å². The number of carbonyl (C=O) groups is 1. The minimum absolute atomic E-state index is 0.121. The Morgan fingerprint density at radius 2 is 2.12 bits per heavy atom. The highest BCUT2D eigenvalue weighted by molar-refractivity contribution is 9.10. The molecule has 0 saturated heterocycles. The van der Waals surface area contributed by atoms with Gasteiger partial charge in [0.2, 0.25) is 0 Å². The maximum Gasteiger partial charge on any atom is 0.296 e. The van der Waals surface area contributed by atoms with Gasteiger partial charge in [0.25, 0.3) is 5.91 Å². The maximum atomic E-state index is 13.0. The van der Waals surface area contributed by atoms with E-state index >= 15 is 0 Å². The summed E-state index contributed by atoms with van der Waals surface area (Å²) >= 11 is 5.01. The Hall–Kier alpha value is -1.77. The van der Waals surface area contributed by atoms with E-state index in [0.717, 1.165) is 27.7 Å². The van der Waals surface area contributed by atoms with Crippen LogP contribution in [0.15, 0.2) is 35.1 Å². The fourth-order valence-corrected chi connectivity index (χ4v) is 4.07. The van der Waals surface area contributed by atoms with Gasteiger partial charge in [-0.3, -0.25) is 9.69 Å². The number of amides is 1. The zero-order valence-corrected chi connectivity index (χ0v) is 16.8. The summed E-state index contributed by atoms with van der Waals surface area (Å²) in [5, 5.41) is 0.708. The standard InChI is InChI=1S/C17H20BrN5OS/c1-21(2)8-4-9-23(16(24)15-19-7-10-22(15)3)17-20-13-6-5-12(18)11-14(13)25-17/h5-7,10-11H,4,8-9H2,1-3H3. The lowest BCUT2D eigenvalue weighted by Crippen LogP contribution is -2.35. The van der Waals surface area contributed by atoms with Crippen LogP contribution in [-0.2, 0) is 7.05 Å². The second kappa shape index (κ2) is 7.63. The average molecular weight is 422 g/mol. The predicted octanol–water partition coefficient (Wildman–Crippen LogP) is 3.39. The van der Waals surface area contributed by atoms with E-state index in [0.29, 0.717) is 17.5 Å². The molecule has 0 aliphatic heterocycles. The van der Waals surface area contributed by atoms with Gasteiger partial charge in [-0.15, -0.1) is 0 Å². The second-order valence-corrected chi connectivity index (χ2v) is 8.01. The number of halogens is 1. The third kappa shape index (κ3) is 4.08. The monoisotopic (exact) mass is 421 g/mol. The van der Waals surface area contributed by atoms with Gasteiger partial charge in [-0.2, -0.15) is 0 Å². The van der Waals surface area contributed by atoms with E-state index < -0.39 is 0 Å². The number of aryl methyl sites for hydroxylation is 1. The van der Waals surface area contributed by atoms with Crippen LogP contribution in [0.3, 0.4) is 0 Å². The third-order valence-electron chi connectivity index (χ3n) is 3.81. The summed E-state index contributed by atoms with van der Waals surface area (Å²) in [6.45, 7) is 1.51. The number of aromatic nitrogens is 3. The van der Waals surface area contributed by atoms with Crippen LogP contribution in [0, 0.1) is 0 Å². The number of imidazole rings is 1. The van der Waals surface area contributed by atoms with Crippen LogP contribution in [0.1, 0.15) is 17.0 Å². The largest absolute Gasteiger partial charge is 0.330 e. The SMILES string of the molecule is CN(C)CCCN(C(=O)c1nccn1C)c1nc2ccc(Br)cc2s1. The fraction of sp³-hybridized carbons (Fsp3) is 0.353. The molecule has 2 heterocycles. The zero-order valence-electron chi connectivity index (χ0n) is 14.4. The van der Waals surface area contributed by atoms with Crippen molar-refractivity contribution in [1.29, 1.82) is 0 Å². The molecule has 0 bridgehead atoms. The van der Waals surface area contributed by atoms with E-state index in [-0.39, 0.29) is 5.91 Å². The molecule has 0 atom stereocenters. The number of hydrogen-bond acceptors (Lipinski definition) is 5. The van der Waals surface area contributed by atoms with Crippen molar-refractivity contribution in [1.82, 2.24) is 19.4 Å². The first-order chi connectivity index (χ1) is 12.0. The lowest BCUT2D eigenvalue weighted by molar-refractivity contribution is 0.0973. The number of hydrogen-bond donors (Lipinski definition) is 0. The van der Waals surface area contributed by atoms with E-state index in [2.05, 4.69) is 30.8 Å². The van der Waals surface area contributed by atoms with Crippen LogP contribution < -0.4 is 4.90 Å². The summed E-state index contributed by atoms with van der Waals surface area (Å²) < 4.78 is 3.80. The molecule has 3 aromatic rings. The molecular formula is C17H20BrN5OS. The van der Waals surface area contributed by atoms with E-state index in [1.54, 1.807) is 21.9 Å². The van der Waals surface area contributed by atoms with Crippen molar-refractivity contribution in [2.75, 3.05) is 32.1 Å². The Labute approximate surface area is 159 Å². The quantitative estimate of drug-likeness (QED) is 0.611. The first kappa shape index (κ1) is 18.0. The molecule has 0 N–H and O–H groups in total. The molecule has 0 fully saturated rings. The average Bonchev–Trinajstić information content (AvgIpc) is 3.16. The Morgan fingerprint density at radius 1 is 1.32 bits per heavy atom. The summed E-state index contributed by atoms with van der Waals surface area (Å²) in [7, 11) is 5.88. The molecule has 132 valence electrons. The summed E-state index contributed by atoms with van der Waals surface area (Å²) in [6.07, 6.45) is 4.28. The van der Waals surface area contributed by atoms with Gasteiger partial charge in [-0.1, -0.05) is 27.3 Å². The fourth-order valence-electron chi connectivity index (χ4n) is 2.52. The minimum Gasteiger partial charge on any atom is -0.330 e. The van der Waals surface area contributed by atoms with E-state index in [9.17, 15) is 4.79 Å². The van der Waals surface area contributed by atoms with Gasteiger partial charge in [0, 0.05) is 30.5 Å². The topological polar surface area (TPSA) is 54.3 Å². The van der Waals surface area contributed by atoms with Crippen LogP contribution in [0.5, 0.6) is 0 Å². The Balaban J connectivity index is 1.94. The molecular weight excluding hydrogens is 402 g/mol. The number of nitrogens with zero attached hydrogens (tertiary/aromatic N) is 5. The Bertz CT molecular complexity index is 888. The molecule has 0 unspecified atom stereocenters. The first-order valence-corrected chi connectivity index (χ1v) is 9.56. The number of thiazole rings is 1. The lowest BCUT2D eigenvalue weighted by atomic mass is 10.3. The molecule has 1 amide bonds. The van der Waals surface area contributed by atoms with Gasteiger partial charge in [0.05, 0.1) is 10.2 Å². The molecule has 0 radical (unpaired) electrons. The molecule has 0 aliphatic rings. The number of benzene rings is 1. The summed E-state index contributed by atoms with van der Waals surface area (Å²) in [5.74, 6) is 0.301. The lowest BCUT2D eigenvalue weighted by Gasteiger charge is -2.20. The molecule has 8 heteroatoms. The molecule has 0 spiro atoms. The maximum absolute atomic E-state index is 13.0. The van der Waals surface area contributed by atoms with Crippen molar-refractivity contribution in [3.63, 3.8) is 0 Å². The highest BCUT2D eigenvalue weighted by Gasteiger charge is 2.24. The molecule has 6 nitrogen and oxygen atoms in total. The zero-order chi connectivity index (χ0) is 18.0. The van der Waals surface area contributed by atoms with Crippen LogP contribution in [0.4, 0.5) is 5.13 Å². The van der Waals surface area contributed by atoms with Crippen molar-refractivity contribution in [2.24, 2.45) is 7.05 Å². The smallest absolute Gasteiger partial charge is 0.296 e. The summed E-state index contributed by atoms with van der Waals surface area (Å²) in [5.41, 5.74) is 0.897. The molecule has 2 aromatic heterocycles. The highest BCUT2D eigenvalue weighted by Crippen LogP contribution is 2.31. The Morgan fingerprint density at radius 3 is 2.80 bits per heavy atom. The molecule has 0 aliphatic carbocycles. The Kier molecular flexibility index (Phi) is 5.51. The van der Waals surface area contributed by atoms with Crippen molar-refractivity contribution in [3.05, 3.63) is 40.9 Å². The van der Waals surface area contributed by atoms with Crippen molar-refractivity contribution >= 4 is 48.5 Å². The molecule has 3 rings (SSSR count). The first-order valence-electron chi connectivity index (χ1n) is 7.95. The number of anilines is 1. The van der Waals surface area contributed by atoms with Gasteiger partial charge in [0.1, 0.15) is 0 Å². The van der Waals surface area contributed by atoms with Crippen molar-refractivity contribution in [3.8, 4) is 0 Å². The third-order valence-corrected chi connectivity index (χ3v) is 5.35. The van der Waals surface area contributed by atoms with Gasteiger partial charge in [-0.25, -0.2) is 9.97 Å². The number of rotatable bonds is 6. The van der Waals surface area contributed by atoms with E-state index in [1.807, 2.05) is 39.3 Å². The normalized spacial score (nSPS) is 11.4.